The highest BCUT2D eigenvalue weighted by molar-refractivity contribution is 7.11. The van der Waals surface area contributed by atoms with Gasteiger partial charge in [0.05, 0.1) is 25.4 Å². The van der Waals surface area contributed by atoms with Crippen LogP contribution in [-0.4, -0.2) is 45.4 Å². The normalized spacial score (nSPS) is 19.3. The molecule has 0 bridgehead atoms. The quantitative estimate of drug-likeness (QED) is 0.920. The Morgan fingerprint density at radius 2 is 2.38 bits per heavy atom. The molecule has 8 heteroatoms. The molecule has 24 heavy (non-hydrogen) atoms. The largest absolute Gasteiger partial charge is 0.370 e. The molecule has 0 spiro atoms. The molecule has 2 aromatic rings. The molecule has 0 aliphatic carbocycles. The number of aryl methyl sites for hydroxylation is 2. The van der Waals surface area contributed by atoms with E-state index in [1.54, 1.807) is 16.2 Å². The van der Waals surface area contributed by atoms with Crippen molar-refractivity contribution in [2.75, 3.05) is 19.7 Å². The van der Waals surface area contributed by atoms with Crippen LogP contribution in [0.15, 0.2) is 18.6 Å². The van der Waals surface area contributed by atoms with Crippen molar-refractivity contribution < 1.29 is 9.53 Å². The molecule has 2 amide bonds. The fourth-order valence-electron chi connectivity index (χ4n) is 2.66. The molecule has 3 rings (SSSR count). The highest BCUT2D eigenvalue weighted by atomic mass is 32.1. The van der Waals surface area contributed by atoms with Gasteiger partial charge in [-0.15, -0.1) is 11.3 Å². The van der Waals surface area contributed by atoms with Gasteiger partial charge in [-0.1, -0.05) is 0 Å². The number of hydrogen-bond acceptors (Lipinski definition) is 5. The Balaban J connectivity index is 1.60. The van der Waals surface area contributed by atoms with Crippen molar-refractivity contribution in [2.45, 2.75) is 39.5 Å². The van der Waals surface area contributed by atoms with E-state index in [9.17, 15) is 4.79 Å². The zero-order valence-corrected chi connectivity index (χ0v) is 15.0. The van der Waals surface area contributed by atoms with Crippen LogP contribution < -0.4 is 5.32 Å². The number of urea groups is 1. The number of ether oxygens (including phenoxy) is 1. The summed E-state index contributed by atoms with van der Waals surface area (Å²) in [5.41, 5.74) is 1.01. The summed E-state index contributed by atoms with van der Waals surface area (Å²) in [6.07, 6.45) is 5.50. The Labute approximate surface area is 145 Å². The number of carbonyl (C=O) groups is 1. The highest BCUT2D eigenvalue weighted by Gasteiger charge is 2.27. The molecular formula is C16H23N5O2S. The van der Waals surface area contributed by atoms with E-state index in [4.69, 9.17) is 4.74 Å². The summed E-state index contributed by atoms with van der Waals surface area (Å²) < 4.78 is 7.68. The number of rotatable bonds is 4. The van der Waals surface area contributed by atoms with Crippen LogP contribution in [-0.2, 0) is 11.3 Å². The third-order valence-corrected chi connectivity index (χ3v) is 5.15. The standard InChI is InChI=1S/C16H23N5O2S/c1-4-21-9-13(8-18-21)14-10-20(5-6-23-14)16(22)19-12(3)15-17-7-11(2)24-15/h7-9,12,14H,4-6,10H2,1-3H3,(H,19,22)/t12-,14+/m1/s1. The molecule has 1 fully saturated rings. The molecule has 1 N–H and O–H groups in total. The maximum Gasteiger partial charge on any atom is 0.318 e. The van der Waals surface area contributed by atoms with Crippen LogP contribution >= 0.6 is 11.3 Å². The summed E-state index contributed by atoms with van der Waals surface area (Å²) in [4.78, 5) is 19.8. The van der Waals surface area contributed by atoms with Crippen molar-refractivity contribution in [3.8, 4) is 0 Å². The van der Waals surface area contributed by atoms with Gasteiger partial charge in [-0.2, -0.15) is 5.10 Å². The zero-order chi connectivity index (χ0) is 17.1. The van der Waals surface area contributed by atoms with Gasteiger partial charge >= 0.3 is 6.03 Å². The maximum absolute atomic E-state index is 12.5. The van der Waals surface area contributed by atoms with Gasteiger partial charge in [0.15, 0.2) is 0 Å². The second kappa shape index (κ2) is 7.31. The third kappa shape index (κ3) is 3.76. The summed E-state index contributed by atoms with van der Waals surface area (Å²) in [5.74, 6) is 0. The second-order valence-electron chi connectivity index (χ2n) is 5.92. The molecular weight excluding hydrogens is 326 g/mol. The van der Waals surface area contributed by atoms with E-state index >= 15 is 0 Å². The Morgan fingerprint density at radius 3 is 3.04 bits per heavy atom. The molecule has 0 radical (unpaired) electrons. The Morgan fingerprint density at radius 1 is 1.54 bits per heavy atom. The summed E-state index contributed by atoms with van der Waals surface area (Å²) in [6, 6.07) is -0.174. The number of morpholine rings is 1. The summed E-state index contributed by atoms with van der Waals surface area (Å²) in [5, 5.41) is 8.23. The smallest absolute Gasteiger partial charge is 0.318 e. The van der Waals surface area contributed by atoms with E-state index in [1.165, 1.54) is 0 Å². The molecule has 0 saturated carbocycles. The van der Waals surface area contributed by atoms with Gasteiger partial charge in [-0.25, -0.2) is 9.78 Å². The number of aromatic nitrogens is 3. The van der Waals surface area contributed by atoms with Crippen molar-refractivity contribution in [3.63, 3.8) is 0 Å². The Bertz CT molecular complexity index is 698. The lowest BCUT2D eigenvalue weighted by atomic mass is 10.1. The first-order chi connectivity index (χ1) is 11.6. The first kappa shape index (κ1) is 16.9. The fraction of sp³-hybridized carbons (Fsp3) is 0.562. The molecule has 2 aromatic heterocycles. The van der Waals surface area contributed by atoms with E-state index < -0.39 is 0 Å². The first-order valence-electron chi connectivity index (χ1n) is 8.18. The average molecular weight is 349 g/mol. The predicted octanol–water partition coefficient (Wildman–Crippen LogP) is 2.51. The van der Waals surface area contributed by atoms with Crippen molar-refractivity contribution in [3.05, 3.63) is 34.0 Å². The van der Waals surface area contributed by atoms with Crippen LogP contribution in [0.2, 0.25) is 0 Å². The number of carbonyl (C=O) groups excluding carboxylic acids is 1. The van der Waals surface area contributed by atoms with Gasteiger partial charge < -0.3 is 15.0 Å². The van der Waals surface area contributed by atoms with Gasteiger partial charge in [0.2, 0.25) is 0 Å². The van der Waals surface area contributed by atoms with Gasteiger partial charge in [-0.05, 0) is 20.8 Å². The van der Waals surface area contributed by atoms with Crippen molar-refractivity contribution in [1.82, 2.24) is 25.0 Å². The van der Waals surface area contributed by atoms with E-state index in [2.05, 4.69) is 15.4 Å². The molecule has 130 valence electrons. The zero-order valence-electron chi connectivity index (χ0n) is 14.2. The van der Waals surface area contributed by atoms with Gasteiger partial charge in [0, 0.05) is 35.9 Å². The van der Waals surface area contributed by atoms with E-state index in [0.29, 0.717) is 19.7 Å². The van der Waals surface area contributed by atoms with Crippen LogP contribution in [0, 0.1) is 6.92 Å². The summed E-state index contributed by atoms with van der Waals surface area (Å²) >= 11 is 1.61. The second-order valence-corrected chi connectivity index (χ2v) is 7.18. The lowest BCUT2D eigenvalue weighted by Gasteiger charge is -2.33. The Hall–Kier alpha value is -1.93. The van der Waals surface area contributed by atoms with E-state index in [-0.39, 0.29) is 18.2 Å². The molecule has 1 aliphatic rings. The maximum atomic E-state index is 12.5. The molecule has 3 heterocycles. The van der Waals surface area contributed by atoms with Crippen molar-refractivity contribution in [1.29, 1.82) is 0 Å². The lowest BCUT2D eigenvalue weighted by molar-refractivity contribution is -0.0157. The van der Waals surface area contributed by atoms with Crippen LogP contribution in [0.5, 0.6) is 0 Å². The molecule has 1 saturated heterocycles. The number of amides is 2. The van der Waals surface area contributed by atoms with Crippen LogP contribution in [0.4, 0.5) is 4.79 Å². The Kier molecular flexibility index (Phi) is 5.15. The van der Waals surface area contributed by atoms with E-state index in [0.717, 1.165) is 22.0 Å². The highest BCUT2D eigenvalue weighted by Crippen LogP contribution is 2.23. The topological polar surface area (TPSA) is 72.3 Å². The first-order valence-corrected chi connectivity index (χ1v) is 9.00. The third-order valence-electron chi connectivity index (χ3n) is 4.05. The van der Waals surface area contributed by atoms with Crippen LogP contribution in [0.3, 0.4) is 0 Å². The summed E-state index contributed by atoms with van der Waals surface area (Å²) in [6.45, 7) is 8.48. The molecule has 1 aliphatic heterocycles. The summed E-state index contributed by atoms with van der Waals surface area (Å²) in [7, 11) is 0. The monoisotopic (exact) mass is 349 g/mol. The molecule has 0 unspecified atom stereocenters. The minimum atomic E-state index is -0.123. The number of hydrogen-bond donors (Lipinski definition) is 1. The minimum Gasteiger partial charge on any atom is -0.370 e. The van der Waals surface area contributed by atoms with Crippen LogP contribution in [0.25, 0.3) is 0 Å². The fourth-order valence-corrected chi connectivity index (χ4v) is 3.44. The minimum absolute atomic E-state index is 0.0773. The predicted molar refractivity (Wildman–Crippen MR) is 92.0 cm³/mol. The SMILES string of the molecule is CCn1cc([C@@H]2CN(C(=O)N[C@H](C)c3ncc(C)s3)CCO2)cn1. The number of nitrogens with zero attached hydrogens (tertiary/aromatic N) is 4. The number of nitrogens with one attached hydrogen (secondary N) is 1. The van der Waals surface area contributed by atoms with Gasteiger partial charge in [0.25, 0.3) is 0 Å². The van der Waals surface area contributed by atoms with Crippen molar-refractivity contribution >= 4 is 17.4 Å². The van der Waals surface area contributed by atoms with E-state index in [1.807, 2.05) is 44.0 Å². The van der Waals surface area contributed by atoms with Gasteiger partial charge in [-0.3, -0.25) is 4.68 Å². The molecule has 7 nitrogen and oxygen atoms in total. The van der Waals surface area contributed by atoms with Crippen LogP contribution in [0.1, 0.15) is 41.4 Å². The number of thiazole rings is 1. The molecule has 2 atom stereocenters. The van der Waals surface area contributed by atoms with Gasteiger partial charge in [0.1, 0.15) is 11.1 Å². The van der Waals surface area contributed by atoms with Crippen molar-refractivity contribution in [2.24, 2.45) is 0 Å². The molecule has 0 aromatic carbocycles. The average Bonchev–Trinajstić information content (AvgIpc) is 3.23. The lowest BCUT2D eigenvalue weighted by Crippen LogP contribution is -2.47.